The van der Waals surface area contributed by atoms with Gasteiger partial charge in [0.1, 0.15) is 8.07 Å². The van der Waals surface area contributed by atoms with Gasteiger partial charge in [-0.05, 0) is 57.5 Å². The van der Waals surface area contributed by atoms with E-state index in [0.29, 0.717) is 0 Å². The molecule has 0 aromatic heterocycles. The van der Waals surface area contributed by atoms with E-state index in [4.69, 9.17) is 5.73 Å². The van der Waals surface area contributed by atoms with Crippen molar-refractivity contribution in [1.82, 2.24) is 0 Å². The first-order valence-electron chi connectivity index (χ1n) is 11.5. The highest BCUT2D eigenvalue weighted by Crippen LogP contribution is 2.38. The molecule has 1 heterocycles. The summed E-state index contributed by atoms with van der Waals surface area (Å²) in [4.78, 5) is 2.33. The van der Waals surface area contributed by atoms with E-state index >= 15 is 0 Å². The molecule has 0 saturated heterocycles. The van der Waals surface area contributed by atoms with Crippen LogP contribution in [0.15, 0.2) is 72.6 Å². The number of rotatable bonds is 3. The maximum Gasteiger partial charge on any atom is 0.117 e. The van der Waals surface area contributed by atoms with Gasteiger partial charge in [-0.3, -0.25) is 0 Å². The molecule has 0 spiro atoms. The third-order valence-corrected chi connectivity index (χ3v) is 10.0. The van der Waals surface area contributed by atoms with Gasteiger partial charge >= 0.3 is 0 Å². The summed E-state index contributed by atoms with van der Waals surface area (Å²) in [7, 11) is -1.95. The average Bonchev–Trinajstić information content (AvgIpc) is 2.68. The molecule has 0 radical (unpaired) electrons. The topological polar surface area (TPSA) is 29.3 Å². The fraction of sp³-hybridized carbons (Fsp3) is 0.379. The monoisotopic (exact) mass is 444 g/mol. The number of nitrogens with two attached hydrogens (primary N) is 1. The van der Waals surface area contributed by atoms with E-state index in [1.165, 1.54) is 32.9 Å². The molecule has 0 unspecified atom stereocenters. The van der Waals surface area contributed by atoms with Gasteiger partial charge in [-0.2, -0.15) is 0 Å². The van der Waals surface area contributed by atoms with Gasteiger partial charge in [-0.25, -0.2) is 0 Å². The molecule has 0 bridgehead atoms. The van der Waals surface area contributed by atoms with Crippen LogP contribution in [-0.4, -0.2) is 8.07 Å². The highest BCUT2D eigenvalue weighted by atomic mass is 28.3. The van der Waals surface area contributed by atoms with E-state index in [9.17, 15) is 0 Å². The quantitative estimate of drug-likeness (QED) is 0.433. The van der Waals surface area contributed by atoms with Gasteiger partial charge in [-0.15, -0.1) is 0 Å². The molecule has 1 aliphatic rings. The number of allylic oxidation sites excluding steroid dienone is 3. The summed E-state index contributed by atoms with van der Waals surface area (Å²) in [5.41, 5.74) is 13.6. The Kier molecular flexibility index (Phi) is 6.12. The van der Waals surface area contributed by atoms with E-state index < -0.39 is 8.07 Å². The van der Waals surface area contributed by atoms with Crippen molar-refractivity contribution in [2.45, 2.75) is 72.4 Å². The van der Waals surface area contributed by atoms with Crippen molar-refractivity contribution in [2.24, 2.45) is 5.73 Å². The highest BCUT2D eigenvalue weighted by Gasteiger charge is 2.40. The Labute approximate surface area is 196 Å². The fourth-order valence-corrected chi connectivity index (χ4v) is 7.38. The zero-order valence-electron chi connectivity index (χ0n) is 21.4. The van der Waals surface area contributed by atoms with E-state index in [2.05, 4.69) is 109 Å². The minimum atomic E-state index is -1.95. The van der Waals surface area contributed by atoms with Gasteiger partial charge in [0.15, 0.2) is 0 Å². The Bertz CT molecular complexity index is 1040. The summed E-state index contributed by atoms with van der Waals surface area (Å²) in [6, 6.07) is 14.1. The predicted molar refractivity (Wildman–Crippen MR) is 145 cm³/mol. The lowest BCUT2D eigenvalue weighted by Gasteiger charge is -2.42. The zero-order chi connectivity index (χ0) is 24.1. The van der Waals surface area contributed by atoms with Crippen molar-refractivity contribution in [1.29, 1.82) is 0 Å². The van der Waals surface area contributed by atoms with Crippen molar-refractivity contribution < 1.29 is 0 Å². The molecule has 1 aliphatic heterocycles. The number of nitrogens with zero attached hydrogens (tertiary/aromatic N) is 1. The molecule has 0 fully saturated rings. The van der Waals surface area contributed by atoms with Gasteiger partial charge in [0.25, 0.3) is 0 Å². The number of anilines is 2. The van der Waals surface area contributed by atoms with E-state index in [1.54, 1.807) is 6.20 Å². The van der Waals surface area contributed by atoms with Crippen LogP contribution in [0.2, 0.25) is 13.1 Å². The molecule has 2 aromatic carbocycles. The molecule has 32 heavy (non-hydrogen) atoms. The molecule has 2 N–H and O–H groups in total. The summed E-state index contributed by atoms with van der Waals surface area (Å²) in [5, 5.41) is 2.93. The maximum atomic E-state index is 6.20. The van der Waals surface area contributed by atoms with Crippen molar-refractivity contribution in [3.05, 3.63) is 83.7 Å². The van der Waals surface area contributed by atoms with E-state index in [-0.39, 0.29) is 10.8 Å². The number of fused-ring (bicyclic) bond motifs is 2. The first-order chi connectivity index (χ1) is 14.7. The second kappa shape index (κ2) is 8.11. The van der Waals surface area contributed by atoms with Crippen LogP contribution in [0.4, 0.5) is 11.4 Å². The normalized spacial score (nSPS) is 16.2. The summed E-state index contributed by atoms with van der Waals surface area (Å²) in [5.74, 6) is 0. The summed E-state index contributed by atoms with van der Waals surface area (Å²) < 4.78 is 0. The average molecular weight is 445 g/mol. The molecule has 170 valence electrons. The van der Waals surface area contributed by atoms with Crippen molar-refractivity contribution >= 4 is 29.8 Å². The van der Waals surface area contributed by atoms with Crippen molar-refractivity contribution in [2.75, 3.05) is 4.90 Å². The van der Waals surface area contributed by atoms with Crippen LogP contribution in [-0.2, 0) is 10.8 Å². The SMILES string of the molecule is C=C(C)/C=C\C(=C/N)N1c2ccc(C(C)(C)C)cc2[Si](C)(C)c2cc(C(C)(C)C)ccc21. The molecule has 3 rings (SSSR count). The number of benzene rings is 2. The van der Waals surface area contributed by atoms with Crippen LogP contribution in [0.3, 0.4) is 0 Å². The van der Waals surface area contributed by atoms with E-state index in [1.807, 2.05) is 13.0 Å². The Hall–Kier alpha value is -2.52. The van der Waals surface area contributed by atoms with Crippen LogP contribution in [0.25, 0.3) is 0 Å². The Morgan fingerprint density at radius 1 is 0.844 bits per heavy atom. The minimum absolute atomic E-state index is 0.101. The zero-order valence-corrected chi connectivity index (χ0v) is 22.4. The van der Waals surface area contributed by atoms with Gasteiger partial charge in [0.2, 0.25) is 0 Å². The molecule has 2 aromatic rings. The van der Waals surface area contributed by atoms with Crippen LogP contribution in [0.5, 0.6) is 0 Å². The van der Waals surface area contributed by atoms with Crippen molar-refractivity contribution in [3.63, 3.8) is 0 Å². The van der Waals surface area contributed by atoms with Gasteiger partial charge in [0, 0.05) is 17.6 Å². The number of hydrogen-bond acceptors (Lipinski definition) is 2. The molecule has 3 heteroatoms. The first-order valence-corrected chi connectivity index (χ1v) is 14.5. The molecular formula is C29H40N2Si. The van der Waals surface area contributed by atoms with Gasteiger partial charge in [-0.1, -0.05) is 97.1 Å². The molecule has 2 nitrogen and oxygen atoms in total. The lowest BCUT2D eigenvalue weighted by Crippen LogP contribution is -2.59. The minimum Gasteiger partial charge on any atom is -0.403 e. The third-order valence-electron chi connectivity index (χ3n) is 6.52. The van der Waals surface area contributed by atoms with Crippen LogP contribution in [0.1, 0.15) is 59.6 Å². The Morgan fingerprint density at radius 3 is 1.62 bits per heavy atom. The lowest BCUT2D eigenvalue weighted by atomic mass is 9.86. The van der Waals surface area contributed by atoms with Gasteiger partial charge < -0.3 is 10.6 Å². The van der Waals surface area contributed by atoms with Crippen molar-refractivity contribution in [3.8, 4) is 0 Å². The molecule has 0 amide bonds. The fourth-order valence-electron chi connectivity index (χ4n) is 4.38. The summed E-state index contributed by atoms with van der Waals surface area (Å²) >= 11 is 0. The third kappa shape index (κ3) is 4.36. The smallest absolute Gasteiger partial charge is 0.117 e. The molecule has 0 saturated carbocycles. The maximum absolute atomic E-state index is 6.20. The molecule has 0 aliphatic carbocycles. The standard InChI is InChI=1S/C29H40N2Si/c1-20(2)11-14-23(19-30)31-24-15-12-21(28(3,4)5)17-26(24)32(9,10)27-18-22(29(6,7)8)13-16-25(27)31/h11-19H,1,30H2,2-10H3/b14-11-,23-19+. The Balaban J connectivity index is 2.36. The van der Waals surface area contributed by atoms with Crippen LogP contribution >= 0.6 is 0 Å². The second-order valence-electron chi connectivity index (χ2n) is 11.7. The largest absolute Gasteiger partial charge is 0.403 e. The Morgan fingerprint density at radius 2 is 1.28 bits per heavy atom. The summed E-state index contributed by atoms with van der Waals surface area (Å²) in [6.45, 7) is 24.7. The number of hydrogen-bond donors (Lipinski definition) is 1. The van der Waals surface area contributed by atoms with E-state index in [0.717, 1.165) is 11.3 Å². The molecular weight excluding hydrogens is 404 g/mol. The summed E-state index contributed by atoms with van der Waals surface area (Å²) in [6.07, 6.45) is 5.82. The second-order valence-corrected chi connectivity index (χ2v) is 16.0. The van der Waals surface area contributed by atoms with Crippen LogP contribution in [0, 0.1) is 0 Å². The highest BCUT2D eigenvalue weighted by molar-refractivity contribution is 7.02. The predicted octanol–water partition coefficient (Wildman–Crippen LogP) is 6.49. The first kappa shape index (κ1) is 24.1. The molecule has 0 atom stereocenters. The van der Waals surface area contributed by atoms with Gasteiger partial charge in [0.05, 0.1) is 5.70 Å². The van der Waals surface area contributed by atoms with Crippen LogP contribution < -0.4 is 21.0 Å². The lowest BCUT2D eigenvalue weighted by molar-refractivity contribution is 0.590.